The standard InChI is InChI=1S/C10H9N3O3S/c1-6(14)8-2-11-10(16)13(9(8)15)3-7-4-17-5-12-7/h2,4-5H,3H2,1H3,(H,11,16). The van der Waals surface area contributed by atoms with Crippen molar-refractivity contribution in [2.75, 3.05) is 0 Å². The summed E-state index contributed by atoms with van der Waals surface area (Å²) in [6, 6.07) is 0. The van der Waals surface area contributed by atoms with Crippen molar-refractivity contribution in [3.8, 4) is 0 Å². The van der Waals surface area contributed by atoms with Gasteiger partial charge >= 0.3 is 5.69 Å². The minimum absolute atomic E-state index is 0.0279. The first-order valence-electron chi connectivity index (χ1n) is 4.80. The summed E-state index contributed by atoms with van der Waals surface area (Å²) in [5, 5.41) is 1.74. The lowest BCUT2D eigenvalue weighted by molar-refractivity contribution is 0.101. The number of Topliss-reactive ketones (excluding diaryl/α,β-unsaturated/α-hetero) is 1. The van der Waals surface area contributed by atoms with Gasteiger partial charge in [-0.15, -0.1) is 11.3 Å². The van der Waals surface area contributed by atoms with Gasteiger partial charge in [-0.05, 0) is 6.92 Å². The highest BCUT2D eigenvalue weighted by Crippen LogP contribution is 2.01. The van der Waals surface area contributed by atoms with Crippen LogP contribution in [0.3, 0.4) is 0 Å². The Morgan fingerprint density at radius 3 is 2.88 bits per heavy atom. The topological polar surface area (TPSA) is 84.8 Å². The van der Waals surface area contributed by atoms with E-state index in [-0.39, 0.29) is 17.9 Å². The molecule has 0 spiro atoms. The fourth-order valence-corrected chi connectivity index (χ4v) is 1.93. The van der Waals surface area contributed by atoms with E-state index < -0.39 is 11.2 Å². The fourth-order valence-electron chi connectivity index (χ4n) is 1.38. The van der Waals surface area contributed by atoms with E-state index in [0.717, 1.165) is 10.8 Å². The third-order valence-corrected chi connectivity index (χ3v) is 2.88. The van der Waals surface area contributed by atoms with E-state index in [0.29, 0.717) is 5.69 Å². The molecule has 0 aliphatic carbocycles. The van der Waals surface area contributed by atoms with E-state index in [1.807, 2.05) is 0 Å². The number of rotatable bonds is 3. The Labute approximate surface area is 99.6 Å². The van der Waals surface area contributed by atoms with E-state index in [2.05, 4.69) is 9.97 Å². The maximum Gasteiger partial charge on any atom is 0.328 e. The van der Waals surface area contributed by atoms with E-state index in [1.165, 1.54) is 18.3 Å². The number of carbonyl (C=O) groups excluding carboxylic acids is 1. The van der Waals surface area contributed by atoms with Gasteiger partial charge < -0.3 is 4.98 Å². The normalized spacial score (nSPS) is 10.4. The zero-order valence-electron chi connectivity index (χ0n) is 8.97. The van der Waals surface area contributed by atoms with Crippen LogP contribution in [0, 0.1) is 0 Å². The van der Waals surface area contributed by atoms with Crippen LogP contribution in [-0.2, 0) is 6.54 Å². The smallest absolute Gasteiger partial charge is 0.313 e. The van der Waals surface area contributed by atoms with Crippen LogP contribution in [-0.4, -0.2) is 20.3 Å². The van der Waals surface area contributed by atoms with E-state index in [4.69, 9.17) is 0 Å². The number of hydrogen-bond acceptors (Lipinski definition) is 5. The Bertz CT molecular complexity index is 654. The number of H-pyrrole nitrogens is 1. The second-order valence-electron chi connectivity index (χ2n) is 3.43. The van der Waals surface area contributed by atoms with Crippen LogP contribution in [0.1, 0.15) is 23.0 Å². The average molecular weight is 251 g/mol. The SMILES string of the molecule is CC(=O)c1c[nH]c(=O)n(Cc2cscn2)c1=O. The third kappa shape index (κ3) is 2.23. The summed E-state index contributed by atoms with van der Waals surface area (Å²) >= 11 is 1.38. The Hall–Kier alpha value is -2.02. The molecule has 2 rings (SSSR count). The van der Waals surface area contributed by atoms with E-state index in [9.17, 15) is 14.4 Å². The fraction of sp³-hybridized carbons (Fsp3) is 0.200. The predicted octanol–water partition coefficient (Wildman–Crippen LogP) is 0.244. The third-order valence-electron chi connectivity index (χ3n) is 2.24. The van der Waals surface area contributed by atoms with Gasteiger partial charge in [0.2, 0.25) is 0 Å². The maximum atomic E-state index is 11.9. The maximum absolute atomic E-state index is 11.9. The van der Waals surface area contributed by atoms with E-state index >= 15 is 0 Å². The average Bonchev–Trinajstić information content (AvgIpc) is 2.76. The first-order chi connectivity index (χ1) is 8.09. The van der Waals surface area contributed by atoms with E-state index in [1.54, 1.807) is 10.9 Å². The lowest BCUT2D eigenvalue weighted by Crippen LogP contribution is -2.38. The van der Waals surface area contributed by atoms with Crippen LogP contribution < -0.4 is 11.2 Å². The molecule has 0 bridgehead atoms. The molecular formula is C10H9N3O3S. The first kappa shape index (κ1) is 11.5. The number of thiazole rings is 1. The van der Waals surface area contributed by atoms with Gasteiger partial charge in [-0.3, -0.25) is 14.2 Å². The molecule has 0 saturated heterocycles. The molecule has 1 N–H and O–H groups in total. The molecule has 0 saturated carbocycles. The number of aromatic nitrogens is 3. The monoisotopic (exact) mass is 251 g/mol. The molecular weight excluding hydrogens is 242 g/mol. The Morgan fingerprint density at radius 2 is 2.29 bits per heavy atom. The molecule has 0 unspecified atom stereocenters. The summed E-state index contributed by atoms with van der Waals surface area (Å²) in [6.45, 7) is 1.35. The lowest BCUT2D eigenvalue weighted by Gasteiger charge is -2.03. The Balaban J connectivity index is 2.53. The van der Waals surface area contributed by atoms with Crippen LogP contribution >= 0.6 is 11.3 Å². The van der Waals surface area contributed by atoms with Crippen molar-refractivity contribution in [3.05, 3.63) is 49.2 Å². The summed E-state index contributed by atoms with van der Waals surface area (Å²) in [5.41, 5.74) is 1.06. The molecule has 0 aliphatic rings. The Kier molecular flexibility index (Phi) is 3.01. The molecule has 2 heterocycles. The van der Waals surface area contributed by atoms with Crippen LogP contribution in [0.5, 0.6) is 0 Å². The van der Waals surface area contributed by atoms with Gasteiger partial charge in [0, 0.05) is 11.6 Å². The molecule has 0 fully saturated rings. The van der Waals surface area contributed by atoms with Crippen molar-refractivity contribution >= 4 is 17.1 Å². The van der Waals surface area contributed by atoms with Gasteiger partial charge in [-0.25, -0.2) is 9.78 Å². The highest BCUT2D eigenvalue weighted by atomic mass is 32.1. The number of nitrogens with zero attached hydrogens (tertiary/aromatic N) is 2. The lowest BCUT2D eigenvalue weighted by atomic mass is 10.2. The highest BCUT2D eigenvalue weighted by Gasteiger charge is 2.11. The number of hydrogen-bond donors (Lipinski definition) is 1. The molecule has 88 valence electrons. The zero-order chi connectivity index (χ0) is 12.4. The summed E-state index contributed by atoms with van der Waals surface area (Å²) in [4.78, 5) is 40.9. The first-order valence-corrected chi connectivity index (χ1v) is 5.74. The minimum Gasteiger partial charge on any atom is -0.313 e. The number of aromatic amines is 1. The molecule has 7 heteroatoms. The number of nitrogens with one attached hydrogen (secondary N) is 1. The van der Waals surface area contributed by atoms with Crippen molar-refractivity contribution in [1.29, 1.82) is 0 Å². The Morgan fingerprint density at radius 1 is 1.53 bits per heavy atom. The summed E-state index contributed by atoms with van der Waals surface area (Å²) < 4.78 is 0.964. The van der Waals surface area contributed by atoms with Gasteiger partial charge in [-0.2, -0.15) is 0 Å². The van der Waals surface area contributed by atoms with Crippen LogP contribution in [0.15, 0.2) is 26.7 Å². The molecule has 2 aromatic heterocycles. The van der Waals surface area contributed by atoms with Gasteiger partial charge in [-0.1, -0.05) is 0 Å². The molecule has 0 atom stereocenters. The van der Waals surface area contributed by atoms with Crippen molar-refractivity contribution in [3.63, 3.8) is 0 Å². The number of ketones is 1. The van der Waals surface area contributed by atoms with Gasteiger partial charge in [0.25, 0.3) is 5.56 Å². The van der Waals surface area contributed by atoms with Crippen LogP contribution in [0.2, 0.25) is 0 Å². The van der Waals surface area contributed by atoms with Crippen molar-refractivity contribution < 1.29 is 4.79 Å². The largest absolute Gasteiger partial charge is 0.328 e. The highest BCUT2D eigenvalue weighted by molar-refractivity contribution is 7.07. The molecule has 2 aromatic rings. The second-order valence-corrected chi connectivity index (χ2v) is 4.15. The molecule has 17 heavy (non-hydrogen) atoms. The quantitative estimate of drug-likeness (QED) is 0.792. The van der Waals surface area contributed by atoms with Crippen LogP contribution in [0.4, 0.5) is 0 Å². The second kappa shape index (κ2) is 4.46. The summed E-state index contributed by atoms with van der Waals surface area (Å²) in [7, 11) is 0. The predicted molar refractivity (Wildman–Crippen MR) is 62.5 cm³/mol. The van der Waals surface area contributed by atoms with Gasteiger partial charge in [0.15, 0.2) is 5.78 Å². The summed E-state index contributed by atoms with van der Waals surface area (Å²) in [6.07, 6.45) is 1.14. The number of carbonyl (C=O) groups is 1. The molecule has 0 aliphatic heterocycles. The van der Waals surface area contributed by atoms with Crippen LogP contribution in [0.25, 0.3) is 0 Å². The molecule has 0 amide bonds. The zero-order valence-corrected chi connectivity index (χ0v) is 9.78. The summed E-state index contributed by atoms with van der Waals surface area (Å²) in [5.74, 6) is -0.377. The van der Waals surface area contributed by atoms with Gasteiger partial charge in [0.05, 0.1) is 23.3 Å². The molecule has 0 radical (unpaired) electrons. The molecule has 6 nitrogen and oxygen atoms in total. The van der Waals surface area contributed by atoms with Crippen molar-refractivity contribution in [2.24, 2.45) is 0 Å². The van der Waals surface area contributed by atoms with Gasteiger partial charge in [0.1, 0.15) is 0 Å². The minimum atomic E-state index is -0.589. The van der Waals surface area contributed by atoms with Crippen molar-refractivity contribution in [2.45, 2.75) is 13.5 Å². The van der Waals surface area contributed by atoms with Crippen molar-refractivity contribution in [1.82, 2.24) is 14.5 Å². The molecule has 0 aromatic carbocycles.